The maximum absolute atomic E-state index is 10.6. The highest BCUT2D eigenvalue weighted by molar-refractivity contribution is 9.10. The maximum Gasteiger partial charge on any atom is 0.168 e. The van der Waals surface area contributed by atoms with E-state index in [2.05, 4.69) is 15.9 Å². The zero-order valence-corrected chi connectivity index (χ0v) is 9.28. The largest absolute Gasteiger partial charge is 0.227 e. The van der Waals surface area contributed by atoms with Crippen LogP contribution in [-0.2, 0) is 10.7 Å². The Bertz CT molecular complexity index is 352. The van der Waals surface area contributed by atoms with Crippen LogP contribution in [0.3, 0.4) is 0 Å². The molecule has 1 aromatic carbocycles. The first-order valence-electron chi connectivity index (χ1n) is 3.43. The van der Waals surface area contributed by atoms with E-state index in [0.717, 1.165) is 15.6 Å². The van der Waals surface area contributed by atoms with Crippen molar-refractivity contribution in [3.05, 3.63) is 27.7 Å². The topological polar surface area (TPSA) is 34.1 Å². The minimum Gasteiger partial charge on any atom is -0.227 e. The van der Waals surface area contributed by atoms with Gasteiger partial charge in [0.2, 0.25) is 0 Å². The summed E-state index contributed by atoms with van der Waals surface area (Å²) in [6.45, 7) is 3.84. The van der Waals surface area contributed by atoms with E-state index in [4.69, 9.17) is 0 Å². The van der Waals surface area contributed by atoms with Crippen molar-refractivity contribution in [3.8, 4) is 0 Å². The fraction of sp³-hybridized carbons (Fsp3) is 0.250. The van der Waals surface area contributed by atoms with E-state index in [1.165, 1.54) is 0 Å². The lowest BCUT2D eigenvalue weighted by Crippen LogP contribution is -1.87. The molecule has 0 saturated carbocycles. The second kappa shape index (κ2) is 3.58. The van der Waals surface area contributed by atoms with Crippen LogP contribution in [-0.4, -0.2) is 8.42 Å². The van der Waals surface area contributed by atoms with Crippen molar-refractivity contribution in [2.75, 3.05) is 0 Å². The van der Waals surface area contributed by atoms with Crippen LogP contribution in [0.1, 0.15) is 11.1 Å². The number of halogens is 1. The standard InChI is InChI=1S/C8H9BrO2S/c1-5-3-7(12(10)11)4-8(9)6(5)2/h3-4,12H,1-2H3. The summed E-state index contributed by atoms with van der Waals surface area (Å²) >= 11 is 3.30. The normalized spacial score (nSPS) is 10.7. The van der Waals surface area contributed by atoms with Crippen molar-refractivity contribution in [2.45, 2.75) is 18.7 Å². The molecule has 66 valence electrons. The van der Waals surface area contributed by atoms with Gasteiger partial charge < -0.3 is 0 Å². The molecule has 0 atom stereocenters. The van der Waals surface area contributed by atoms with Crippen molar-refractivity contribution in [3.63, 3.8) is 0 Å². The van der Waals surface area contributed by atoms with Crippen LogP contribution in [0.5, 0.6) is 0 Å². The zero-order valence-electron chi connectivity index (χ0n) is 6.80. The second-order valence-electron chi connectivity index (χ2n) is 2.63. The molecule has 0 aliphatic rings. The maximum atomic E-state index is 10.6. The molecular weight excluding hydrogens is 240 g/mol. The van der Waals surface area contributed by atoms with Gasteiger partial charge in [0.1, 0.15) is 0 Å². The minimum absolute atomic E-state index is 0.361. The molecule has 0 aromatic heterocycles. The zero-order chi connectivity index (χ0) is 9.30. The van der Waals surface area contributed by atoms with Gasteiger partial charge >= 0.3 is 0 Å². The third kappa shape index (κ3) is 1.87. The Hall–Kier alpha value is -0.350. The van der Waals surface area contributed by atoms with Gasteiger partial charge in [-0.25, -0.2) is 8.42 Å². The highest BCUT2D eigenvalue weighted by Crippen LogP contribution is 2.21. The minimum atomic E-state index is -2.47. The van der Waals surface area contributed by atoms with Gasteiger partial charge in [-0.2, -0.15) is 0 Å². The molecule has 0 radical (unpaired) electrons. The molecule has 1 rings (SSSR count). The van der Waals surface area contributed by atoms with E-state index in [-0.39, 0.29) is 0 Å². The molecule has 0 aliphatic carbocycles. The lowest BCUT2D eigenvalue weighted by molar-refractivity contribution is 0.614. The molecule has 0 heterocycles. The van der Waals surface area contributed by atoms with Crippen LogP contribution >= 0.6 is 15.9 Å². The highest BCUT2D eigenvalue weighted by Gasteiger charge is 2.02. The first-order chi connectivity index (χ1) is 5.52. The van der Waals surface area contributed by atoms with Gasteiger partial charge in [0.15, 0.2) is 10.7 Å². The van der Waals surface area contributed by atoms with Crippen LogP contribution < -0.4 is 0 Å². The fourth-order valence-corrected chi connectivity index (χ4v) is 2.17. The van der Waals surface area contributed by atoms with E-state index >= 15 is 0 Å². The highest BCUT2D eigenvalue weighted by atomic mass is 79.9. The van der Waals surface area contributed by atoms with Crippen LogP contribution in [0.15, 0.2) is 21.5 Å². The van der Waals surface area contributed by atoms with Crippen LogP contribution in [0, 0.1) is 13.8 Å². The quantitative estimate of drug-likeness (QED) is 0.773. The molecule has 0 spiro atoms. The van der Waals surface area contributed by atoms with Gasteiger partial charge in [0.05, 0.1) is 4.90 Å². The number of aryl methyl sites for hydroxylation is 1. The Morgan fingerprint density at radius 2 is 1.83 bits per heavy atom. The van der Waals surface area contributed by atoms with Gasteiger partial charge in [0, 0.05) is 4.47 Å². The molecule has 0 aliphatic heterocycles. The summed E-state index contributed by atoms with van der Waals surface area (Å²) in [5.41, 5.74) is 2.06. The Morgan fingerprint density at radius 1 is 1.25 bits per heavy atom. The fourth-order valence-electron chi connectivity index (χ4n) is 0.904. The first kappa shape index (κ1) is 9.74. The van der Waals surface area contributed by atoms with Crippen molar-refractivity contribution in [1.29, 1.82) is 0 Å². The molecular formula is C8H9BrO2S. The molecule has 0 saturated heterocycles. The average molecular weight is 249 g/mol. The summed E-state index contributed by atoms with van der Waals surface area (Å²) < 4.78 is 22.1. The average Bonchev–Trinajstić information content (AvgIpc) is 1.99. The number of benzene rings is 1. The van der Waals surface area contributed by atoms with E-state index in [9.17, 15) is 8.42 Å². The third-order valence-electron chi connectivity index (χ3n) is 1.80. The summed E-state index contributed by atoms with van der Waals surface area (Å²) in [5.74, 6) is 0. The van der Waals surface area contributed by atoms with Crippen molar-refractivity contribution in [2.24, 2.45) is 0 Å². The summed E-state index contributed by atoms with van der Waals surface area (Å²) in [5, 5.41) is 0. The van der Waals surface area contributed by atoms with Crippen molar-refractivity contribution < 1.29 is 8.42 Å². The predicted molar refractivity (Wildman–Crippen MR) is 52.2 cm³/mol. The van der Waals surface area contributed by atoms with Gasteiger partial charge in [-0.05, 0) is 37.1 Å². The monoisotopic (exact) mass is 248 g/mol. The van der Waals surface area contributed by atoms with Crippen LogP contribution in [0.2, 0.25) is 0 Å². The SMILES string of the molecule is Cc1cc([SH](=O)=O)cc(Br)c1C. The number of thiol groups is 1. The Labute approximate surface area is 81.7 Å². The summed E-state index contributed by atoms with van der Waals surface area (Å²) in [6, 6.07) is 3.29. The molecule has 0 amide bonds. The van der Waals surface area contributed by atoms with Crippen LogP contribution in [0.4, 0.5) is 0 Å². The number of hydrogen-bond donors (Lipinski definition) is 1. The van der Waals surface area contributed by atoms with Gasteiger partial charge in [-0.15, -0.1) is 0 Å². The Kier molecular flexibility index (Phi) is 2.90. The molecule has 0 fully saturated rings. The number of rotatable bonds is 1. The van der Waals surface area contributed by atoms with Crippen LogP contribution in [0.25, 0.3) is 0 Å². The molecule has 0 N–H and O–H groups in total. The van der Waals surface area contributed by atoms with E-state index in [1.54, 1.807) is 12.1 Å². The molecule has 0 unspecified atom stereocenters. The summed E-state index contributed by atoms with van der Waals surface area (Å²) in [4.78, 5) is 0.361. The molecule has 2 nitrogen and oxygen atoms in total. The van der Waals surface area contributed by atoms with E-state index in [0.29, 0.717) is 4.90 Å². The molecule has 1 aromatic rings. The third-order valence-corrected chi connectivity index (χ3v) is 3.30. The van der Waals surface area contributed by atoms with Crippen molar-refractivity contribution >= 4 is 26.6 Å². The smallest absolute Gasteiger partial charge is 0.168 e. The number of hydrogen-bond acceptors (Lipinski definition) is 2. The van der Waals surface area contributed by atoms with E-state index in [1.807, 2.05) is 13.8 Å². The lowest BCUT2D eigenvalue weighted by atomic mass is 10.1. The van der Waals surface area contributed by atoms with Gasteiger partial charge in [0.25, 0.3) is 0 Å². The van der Waals surface area contributed by atoms with E-state index < -0.39 is 10.7 Å². The van der Waals surface area contributed by atoms with Crippen molar-refractivity contribution in [1.82, 2.24) is 0 Å². The van der Waals surface area contributed by atoms with Gasteiger partial charge in [-0.1, -0.05) is 15.9 Å². The Balaban J connectivity index is 3.40. The summed E-state index contributed by atoms with van der Waals surface area (Å²) in [6.07, 6.45) is 0. The van der Waals surface area contributed by atoms with Gasteiger partial charge in [-0.3, -0.25) is 0 Å². The molecule has 0 bridgehead atoms. The second-order valence-corrected chi connectivity index (χ2v) is 4.51. The Morgan fingerprint density at radius 3 is 2.25 bits per heavy atom. The lowest BCUT2D eigenvalue weighted by Gasteiger charge is -2.02. The summed E-state index contributed by atoms with van der Waals surface area (Å²) in [7, 11) is -2.47. The molecule has 12 heavy (non-hydrogen) atoms. The predicted octanol–water partition coefficient (Wildman–Crippen LogP) is 2.04. The molecule has 4 heteroatoms. The first-order valence-corrected chi connectivity index (χ1v) is 5.40.